The number of sulfone groups is 1. The smallest absolute Gasteiger partial charge is 0.347 e. The molecule has 88 valence electrons. The summed E-state index contributed by atoms with van der Waals surface area (Å²) < 4.78 is 23.7. The molecular formula is C11H9NO4S. The fourth-order valence-electron chi connectivity index (χ4n) is 1.53. The summed E-state index contributed by atoms with van der Waals surface area (Å²) in [5.41, 5.74) is 6.43. The van der Waals surface area contributed by atoms with Crippen LogP contribution in [-0.4, -0.2) is 19.5 Å². The van der Waals surface area contributed by atoms with Gasteiger partial charge in [0.25, 0.3) is 0 Å². The monoisotopic (exact) mass is 251 g/mol. The van der Waals surface area contributed by atoms with Gasteiger partial charge in [-0.25, -0.2) is 13.2 Å². The van der Waals surface area contributed by atoms with Gasteiger partial charge in [0.05, 0.1) is 4.91 Å². The molecule has 0 aromatic heterocycles. The van der Waals surface area contributed by atoms with E-state index < -0.39 is 20.7 Å². The minimum Gasteiger partial charge on any atom is -0.477 e. The van der Waals surface area contributed by atoms with Crippen LogP contribution in [0.3, 0.4) is 0 Å². The van der Waals surface area contributed by atoms with E-state index in [0.29, 0.717) is 11.3 Å². The Morgan fingerprint density at radius 3 is 2.18 bits per heavy atom. The van der Waals surface area contributed by atoms with Gasteiger partial charge >= 0.3 is 5.97 Å². The number of aliphatic carboxylic acids is 1. The molecule has 1 aliphatic heterocycles. The zero-order valence-electron chi connectivity index (χ0n) is 8.62. The van der Waals surface area contributed by atoms with Gasteiger partial charge in [-0.1, -0.05) is 12.1 Å². The molecule has 0 saturated carbocycles. The molecule has 17 heavy (non-hydrogen) atoms. The van der Waals surface area contributed by atoms with E-state index in [2.05, 4.69) is 0 Å². The lowest BCUT2D eigenvalue weighted by atomic mass is 10.2. The first-order valence-corrected chi connectivity index (χ1v) is 6.17. The van der Waals surface area contributed by atoms with E-state index in [4.69, 9.17) is 10.8 Å². The van der Waals surface area contributed by atoms with Crippen molar-refractivity contribution >= 4 is 26.4 Å². The molecule has 0 aliphatic carbocycles. The van der Waals surface area contributed by atoms with Crippen molar-refractivity contribution in [1.29, 1.82) is 0 Å². The largest absolute Gasteiger partial charge is 0.477 e. The summed E-state index contributed by atoms with van der Waals surface area (Å²) in [6, 6.07) is 6.20. The molecule has 1 aliphatic rings. The number of allylic oxidation sites excluding steroid dienone is 2. The molecule has 6 heteroatoms. The summed E-state index contributed by atoms with van der Waals surface area (Å²) in [5.74, 6) is -1.45. The molecule has 0 fully saturated rings. The Balaban J connectivity index is 2.46. The molecule has 3 N–H and O–H groups in total. The Labute approximate surface area is 97.8 Å². The molecule has 0 amide bonds. The van der Waals surface area contributed by atoms with Crippen LogP contribution in [0, 0.1) is 0 Å². The van der Waals surface area contributed by atoms with Gasteiger partial charge in [0.15, 0.2) is 4.91 Å². The van der Waals surface area contributed by atoms with E-state index in [1.54, 1.807) is 12.1 Å². The first-order chi connectivity index (χ1) is 7.93. The predicted molar refractivity (Wildman–Crippen MR) is 63.5 cm³/mol. The van der Waals surface area contributed by atoms with Crippen LogP contribution in [0.15, 0.2) is 41.3 Å². The predicted octanol–water partition coefficient (Wildman–Crippen LogP) is 1.01. The molecule has 1 aromatic carbocycles. The lowest BCUT2D eigenvalue weighted by Crippen LogP contribution is -2.10. The molecular weight excluding hydrogens is 242 g/mol. The van der Waals surface area contributed by atoms with Gasteiger partial charge in [0.1, 0.15) is 0 Å². The lowest BCUT2D eigenvalue weighted by molar-refractivity contribution is -0.131. The van der Waals surface area contributed by atoms with Crippen LogP contribution in [0.25, 0.3) is 4.91 Å². The third kappa shape index (κ3) is 1.83. The van der Waals surface area contributed by atoms with E-state index in [1.807, 2.05) is 0 Å². The van der Waals surface area contributed by atoms with Crippen LogP contribution in [0.4, 0.5) is 5.69 Å². The second-order valence-corrected chi connectivity index (χ2v) is 5.38. The molecule has 2 rings (SSSR count). The summed E-state index contributed by atoms with van der Waals surface area (Å²) in [5, 5.41) is 8.76. The zero-order valence-corrected chi connectivity index (χ0v) is 9.44. The SMILES string of the molecule is Nc1ccc(C2=CC=C(C(=O)O)S2(=O)=O)cc1. The number of anilines is 1. The zero-order chi connectivity index (χ0) is 12.6. The van der Waals surface area contributed by atoms with Crippen LogP contribution in [0.2, 0.25) is 0 Å². The van der Waals surface area contributed by atoms with Crippen LogP contribution < -0.4 is 5.73 Å². The quantitative estimate of drug-likeness (QED) is 0.764. The first kappa shape index (κ1) is 11.4. The van der Waals surface area contributed by atoms with Crippen LogP contribution in [0.1, 0.15) is 5.56 Å². The van der Waals surface area contributed by atoms with Crippen molar-refractivity contribution in [3.63, 3.8) is 0 Å². The van der Waals surface area contributed by atoms with Gasteiger partial charge in [-0.2, -0.15) is 0 Å². The number of hydrogen-bond donors (Lipinski definition) is 2. The number of nitrogens with two attached hydrogens (primary N) is 1. The van der Waals surface area contributed by atoms with E-state index in [-0.39, 0.29) is 4.91 Å². The summed E-state index contributed by atoms with van der Waals surface area (Å²) >= 11 is 0. The number of rotatable bonds is 2. The van der Waals surface area contributed by atoms with Gasteiger partial charge in [-0.15, -0.1) is 0 Å². The van der Waals surface area contributed by atoms with Crippen molar-refractivity contribution in [2.24, 2.45) is 0 Å². The highest BCUT2D eigenvalue weighted by Gasteiger charge is 2.33. The van der Waals surface area contributed by atoms with Crippen molar-refractivity contribution in [2.75, 3.05) is 5.73 Å². The molecule has 1 heterocycles. The fourth-order valence-corrected chi connectivity index (χ4v) is 2.94. The maximum atomic E-state index is 11.9. The summed E-state index contributed by atoms with van der Waals surface area (Å²) in [7, 11) is -3.91. The highest BCUT2D eigenvalue weighted by molar-refractivity contribution is 8.05. The van der Waals surface area contributed by atoms with Crippen LogP contribution >= 0.6 is 0 Å². The first-order valence-electron chi connectivity index (χ1n) is 4.69. The summed E-state index contributed by atoms with van der Waals surface area (Å²) in [6.07, 6.45) is 2.37. The molecule has 1 aromatic rings. The van der Waals surface area contributed by atoms with Crippen molar-refractivity contribution in [3.8, 4) is 0 Å². The molecule has 0 saturated heterocycles. The highest BCUT2D eigenvalue weighted by atomic mass is 32.2. The number of benzene rings is 1. The minimum atomic E-state index is -3.91. The Kier molecular flexibility index (Phi) is 2.51. The molecule has 0 bridgehead atoms. The average molecular weight is 251 g/mol. The number of hydrogen-bond acceptors (Lipinski definition) is 4. The van der Waals surface area contributed by atoms with Crippen molar-refractivity contribution in [3.05, 3.63) is 46.9 Å². The van der Waals surface area contributed by atoms with Crippen molar-refractivity contribution in [1.82, 2.24) is 0 Å². The standard InChI is InChI=1S/C11H9NO4S/c12-8-3-1-7(2-4-8)9-5-6-10(11(13)14)17(9,15)16/h1-6H,12H2,(H,13,14). The normalized spacial score (nSPS) is 17.4. The lowest BCUT2D eigenvalue weighted by Gasteiger charge is -2.05. The molecule has 0 radical (unpaired) electrons. The number of carbonyl (C=O) groups is 1. The van der Waals surface area contributed by atoms with E-state index in [0.717, 1.165) is 6.08 Å². The average Bonchev–Trinajstić information content (AvgIpc) is 2.55. The maximum absolute atomic E-state index is 11.9. The summed E-state index contributed by atoms with van der Waals surface area (Å²) in [6.45, 7) is 0. The Hall–Kier alpha value is -2.08. The van der Waals surface area contributed by atoms with Crippen LogP contribution in [-0.2, 0) is 14.6 Å². The van der Waals surface area contributed by atoms with Crippen molar-refractivity contribution < 1.29 is 18.3 Å². The third-order valence-electron chi connectivity index (χ3n) is 2.37. The van der Waals surface area contributed by atoms with Gasteiger partial charge in [0.2, 0.25) is 9.84 Å². The highest BCUT2D eigenvalue weighted by Crippen LogP contribution is 2.32. The summed E-state index contributed by atoms with van der Waals surface area (Å²) in [4.78, 5) is 10.1. The Morgan fingerprint density at radius 2 is 1.71 bits per heavy atom. The molecule has 0 spiro atoms. The van der Waals surface area contributed by atoms with E-state index in [9.17, 15) is 13.2 Å². The Morgan fingerprint density at radius 1 is 1.12 bits per heavy atom. The van der Waals surface area contributed by atoms with Gasteiger partial charge in [-0.05, 0) is 29.8 Å². The minimum absolute atomic E-state index is 0.0186. The number of carboxylic acid groups (broad SMARTS) is 1. The van der Waals surface area contributed by atoms with Gasteiger partial charge in [0, 0.05) is 5.69 Å². The molecule has 0 atom stereocenters. The maximum Gasteiger partial charge on any atom is 0.347 e. The second kappa shape index (κ2) is 3.74. The number of carboxylic acids is 1. The van der Waals surface area contributed by atoms with Gasteiger partial charge in [-0.3, -0.25) is 0 Å². The molecule has 0 unspecified atom stereocenters. The van der Waals surface area contributed by atoms with Gasteiger partial charge < -0.3 is 10.8 Å². The number of nitrogen functional groups attached to an aromatic ring is 1. The molecule has 5 nitrogen and oxygen atoms in total. The van der Waals surface area contributed by atoms with E-state index in [1.165, 1.54) is 18.2 Å². The van der Waals surface area contributed by atoms with Crippen LogP contribution in [0.5, 0.6) is 0 Å². The topological polar surface area (TPSA) is 97.5 Å². The van der Waals surface area contributed by atoms with E-state index >= 15 is 0 Å². The fraction of sp³-hybridized carbons (Fsp3) is 0. The van der Waals surface area contributed by atoms with Crippen molar-refractivity contribution in [2.45, 2.75) is 0 Å². The second-order valence-electron chi connectivity index (χ2n) is 3.49. The third-order valence-corrected chi connectivity index (χ3v) is 4.21. The Bertz CT molecular complexity index is 639.